The van der Waals surface area contributed by atoms with Crippen LogP contribution >= 0.6 is 11.8 Å². The van der Waals surface area contributed by atoms with Crippen LogP contribution in [0.1, 0.15) is 45.2 Å². The van der Waals surface area contributed by atoms with Crippen LogP contribution in [0.4, 0.5) is 0 Å². The number of aryl methyl sites for hydroxylation is 2. The molecule has 0 fully saturated rings. The summed E-state index contributed by atoms with van der Waals surface area (Å²) in [6, 6.07) is 26.8. The zero-order valence-corrected chi connectivity index (χ0v) is 23.1. The molecule has 196 valence electrons. The second kappa shape index (κ2) is 11.3. The summed E-state index contributed by atoms with van der Waals surface area (Å²) in [4.78, 5) is 27.6. The van der Waals surface area contributed by atoms with Gasteiger partial charge in [0.05, 0.1) is 12.8 Å². The summed E-state index contributed by atoms with van der Waals surface area (Å²) in [6.45, 7) is 4.78. The summed E-state index contributed by atoms with van der Waals surface area (Å²) < 4.78 is 7.59. The Morgan fingerprint density at radius 3 is 2.21 bits per heavy atom. The van der Waals surface area contributed by atoms with E-state index in [9.17, 15) is 9.59 Å². The Morgan fingerprint density at radius 2 is 1.51 bits per heavy atom. The van der Waals surface area contributed by atoms with Gasteiger partial charge < -0.3 is 14.7 Å². The molecule has 0 unspecified atom stereocenters. The van der Waals surface area contributed by atoms with E-state index in [1.165, 1.54) is 0 Å². The largest absolute Gasteiger partial charge is 0.496 e. The zero-order chi connectivity index (χ0) is 27.5. The van der Waals surface area contributed by atoms with Gasteiger partial charge in [0.1, 0.15) is 5.75 Å². The number of para-hydroxylation sites is 1. The number of nitrogens with zero attached hydrogens (tertiary/aromatic N) is 1. The number of carbonyl (C=O) groups excluding carboxylic acids is 2. The van der Waals surface area contributed by atoms with E-state index < -0.39 is 0 Å². The first-order chi connectivity index (χ1) is 18.9. The molecule has 0 saturated heterocycles. The van der Waals surface area contributed by atoms with Crippen LogP contribution in [0, 0.1) is 12.3 Å². The molecule has 1 N–H and O–H groups in total. The second-order valence-electron chi connectivity index (χ2n) is 9.41. The molecule has 39 heavy (non-hydrogen) atoms. The Bertz CT molecular complexity index is 1730. The van der Waals surface area contributed by atoms with Gasteiger partial charge in [0.15, 0.2) is 5.78 Å². The molecule has 6 heteroatoms. The van der Waals surface area contributed by atoms with Crippen molar-refractivity contribution in [2.24, 2.45) is 0 Å². The topological polar surface area (TPSA) is 72.2 Å². The summed E-state index contributed by atoms with van der Waals surface area (Å²) in [6.07, 6.45) is 0.353. The van der Waals surface area contributed by atoms with Crippen molar-refractivity contribution < 1.29 is 14.3 Å². The Kier molecular flexibility index (Phi) is 7.66. The van der Waals surface area contributed by atoms with Gasteiger partial charge in [-0.15, -0.1) is 11.8 Å². The molecule has 5 nitrogen and oxygen atoms in total. The highest BCUT2D eigenvalue weighted by Crippen LogP contribution is 2.32. The number of thioether (sulfide) groups is 1. The van der Waals surface area contributed by atoms with Crippen LogP contribution < -0.4 is 4.74 Å². The number of ketones is 2. The van der Waals surface area contributed by atoms with E-state index in [0.29, 0.717) is 28.9 Å². The number of methoxy groups -OCH3 is 1. The molecule has 5 aromatic rings. The summed E-state index contributed by atoms with van der Waals surface area (Å²) in [5, 5.41) is 10.3. The second-order valence-corrected chi connectivity index (χ2v) is 10.5. The van der Waals surface area contributed by atoms with E-state index in [0.717, 1.165) is 44.6 Å². The predicted molar refractivity (Wildman–Crippen MR) is 160 cm³/mol. The van der Waals surface area contributed by atoms with Crippen molar-refractivity contribution in [2.45, 2.75) is 31.7 Å². The molecule has 0 amide bonds. The van der Waals surface area contributed by atoms with Crippen molar-refractivity contribution in [3.05, 3.63) is 107 Å². The molecule has 0 atom stereocenters. The Hall–Kier alpha value is -4.16. The van der Waals surface area contributed by atoms with Gasteiger partial charge in [-0.1, -0.05) is 36.4 Å². The number of Topliss-reactive ketones (excluding diaryl/α,β-unsaturated/α-hetero) is 1. The number of ether oxygens (including phenoxy) is 1. The molecule has 0 spiro atoms. The molecule has 0 saturated carbocycles. The SMILES string of the molecule is CCn1c2ccc(C(=O)C(=N)CCSc3ccccc3OC)cc2c2cc(C(=O)c3ccccc3C)ccc21. The van der Waals surface area contributed by atoms with Crippen LogP contribution in [-0.2, 0) is 6.54 Å². The van der Waals surface area contributed by atoms with Crippen molar-refractivity contribution in [2.75, 3.05) is 12.9 Å². The maximum absolute atomic E-state index is 13.3. The monoisotopic (exact) mass is 534 g/mol. The number of fused-ring (bicyclic) bond motifs is 3. The molecule has 0 aliphatic rings. The lowest BCUT2D eigenvalue weighted by Gasteiger charge is -2.08. The van der Waals surface area contributed by atoms with E-state index in [1.54, 1.807) is 24.9 Å². The van der Waals surface area contributed by atoms with Gasteiger partial charge in [0, 0.05) is 62.1 Å². The molecular formula is C33H30N2O3S. The first kappa shape index (κ1) is 26.4. The molecule has 4 aromatic carbocycles. The minimum Gasteiger partial charge on any atom is -0.496 e. The summed E-state index contributed by atoms with van der Waals surface area (Å²) >= 11 is 1.57. The first-order valence-electron chi connectivity index (χ1n) is 13.0. The summed E-state index contributed by atoms with van der Waals surface area (Å²) in [5.74, 6) is 1.10. The van der Waals surface area contributed by atoms with Gasteiger partial charge in [-0.3, -0.25) is 9.59 Å². The number of aromatic nitrogens is 1. The van der Waals surface area contributed by atoms with Crippen molar-refractivity contribution >= 4 is 50.8 Å². The number of carbonyl (C=O) groups is 2. The molecule has 0 radical (unpaired) electrons. The quantitative estimate of drug-likeness (QED) is 0.113. The van der Waals surface area contributed by atoms with E-state index in [-0.39, 0.29) is 17.3 Å². The number of nitrogens with one attached hydrogen (secondary N) is 1. The zero-order valence-electron chi connectivity index (χ0n) is 22.3. The van der Waals surface area contributed by atoms with Gasteiger partial charge in [-0.05, 0) is 67.9 Å². The molecular weight excluding hydrogens is 504 g/mol. The standard InChI is InChI=1S/C33H30N2O3S/c1-4-35-28-15-13-22(32(36)24-10-6-5-9-21(24)2)19-25(28)26-20-23(14-16-29(26)35)33(37)27(34)17-18-39-31-12-8-7-11-30(31)38-3/h5-16,19-20,34H,4,17-18H2,1-3H3. The highest BCUT2D eigenvalue weighted by atomic mass is 32.2. The average molecular weight is 535 g/mol. The average Bonchev–Trinajstić information content (AvgIpc) is 3.29. The number of hydrogen-bond acceptors (Lipinski definition) is 5. The molecule has 5 rings (SSSR count). The fraction of sp³-hybridized carbons (Fsp3) is 0.182. The maximum Gasteiger partial charge on any atom is 0.206 e. The van der Waals surface area contributed by atoms with Crippen molar-refractivity contribution in [1.82, 2.24) is 4.57 Å². The molecule has 1 heterocycles. The first-order valence-corrected chi connectivity index (χ1v) is 14.0. The van der Waals surface area contributed by atoms with E-state index >= 15 is 0 Å². The van der Waals surface area contributed by atoms with Crippen molar-refractivity contribution in [1.29, 1.82) is 5.41 Å². The normalized spacial score (nSPS) is 11.2. The highest BCUT2D eigenvalue weighted by molar-refractivity contribution is 7.99. The maximum atomic E-state index is 13.3. The fourth-order valence-corrected chi connectivity index (χ4v) is 5.99. The number of rotatable bonds is 10. The van der Waals surface area contributed by atoms with Crippen LogP contribution in [0.25, 0.3) is 21.8 Å². The van der Waals surface area contributed by atoms with Crippen LogP contribution in [-0.4, -0.2) is 34.7 Å². The van der Waals surface area contributed by atoms with Gasteiger partial charge in [0.25, 0.3) is 0 Å². The summed E-state index contributed by atoms with van der Waals surface area (Å²) in [5.41, 5.74) is 4.82. The van der Waals surface area contributed by atoms with Crippen LogP contribution in [0.5, 0.6) is 5.75 Å². The Morgan fingerprint density at radius 1 is 0.872 bits per heavy atom. The number of benzene rings is 4. The third-order valence-electron chi connectivity index (χ3n) is 7.05. The highest BCUT2D eigenvalue weighted by Gasteiger charge is 2.18. The minimum absolute atomic E-state index is 0.0195. The van der Waals surface area contributed by atoms with Crippen LogP contribution in [0.15, 0.2) is 89.8 Å². The molecule has 0 aliphatic heterocycles. The minimum atomic E-state index is -0.276. The molecule has 0 bridgehead atoms. The van der Waals surface area contributed by atoms with E-state index in [2.05, 4.69) is 11.5 Å². The molecule has 0 aliphatic carbocycles. The van der Waals surface area contributed by atoms with Gasteiger partial charge in [0.2, 0.25) is 5.78 Å². The van der Waals surface area contributed by atoms with E-state index in [1.807, 2.05) is 85.8 Å². The van der Waals surface area contributed by atoms with Crippen LogP contribution in [0.2, 0.25) is 0 Å². The predicted octanol–water partition coefficient (Wildman–Crippen LogP) is 7.75. The van der Waals surface area contributed by atoms with Crippen molar-refractivity contribution in [3.63, 3.8) is 0 Å². The van der Waals surface area contributed by atoms with Crippen LogP contribution in [0.3, 0.4) is 0 Å². The molecule has 1 aromatic heterocycles. The third-order valence-corrected chi connectivity index (χ3v) is 8.10. The lowest BCUT2D eigenvalue weighted by molar-refractivity contribution is 0.103. The lowest BCUT2D eigenvalue weighted by atomic mass is 9.97. The Balaban J connectivity index is 1.43. The smallest absolute Gasteiger partial charge is 0.206 e. The number of hydrogen-bond donors (Lipinski definition) is 1. The van der Waals surface area contributed by atoms with Crippen molar-refractivity contribution in [3.8, 4) is 5.75 Å². The Labute approximate surface area is 232 Å². The van der Waals surface area contributed by atoms with E-state index in [4.69, 9.17) is 10.1 Å². The van der Waals surface area contributed by atoms with Gasteiger partial charge >= 0.3 is 0 Å². The third kappa shape index (κ3) is 5.12. The lowest BCUT2D eigenvalue weighted by Crippen LogP contribution is -2.14. The summed E-state index contributed by atoms with van der Waals surface area (Å²) in [7, 11) is 1.64. The van der Waals surface area contributed by atoms with Gasteiger partial charge in [-0.25, -0.2) is 0 Å². The fourth-order valence-electron chi connectivity index (χ4n) is 5.00. The van der Waals surface area contributed by atoms with Gasteiger partial charge in [-0.2, -0.15) is 0 Å².